The Bertz CT molecular complexity index is 1480. The lowest BCUT2D eigenvalue weighted by Crippen LogP contribution is -2.51. The SMILES string of the molecule is N=C(O[C@@H]1C=C[C@H]2c3cc4c(c(OCc5ccccc5)c3C(=O)O[C@H]2[C@@H]1OCc1ccccc1)OCO4)C(Cl)(Cl)Cl. The Labute approximate surface area is 251 Å². The largest absolute Gasteiger partial charge is 0.484 e. The second-order valence-electron chi connectivity index (χ2n) is 9.63. The van der Waals surface area contributed by atoms with Gasteiger partial charge in [-0.1, -0.05) is 102 Å². The number of nitrogens with one attached hydrogen (secondary N) is 1. The minimum atomic E-state index is -2.08. The van der Waals surface area contributed by atoms with Gasteiger partial charge in [-0.15, -0.1) is 0 Å². The van der Waals surface area contributed by atoms with Crippen LogP contribution in [0.5, 0.6) is 17.2 Å². The molecule has 212 valence electrons. The maximum Gasteiger partial charge on any atom is 0.342 e. The van der Waals surface area contributed by atoms with Crippen LogP contribution in [0.25, 0.3) is 0 Å². The Hall–Kier alpha value is -3.43. The van der Waals surface area contributed by atoms with Crippen LogP contribution < -0.4 is 14.2 Å². The summed E-state index contributed by atoms with van der Waals surface area (Å²) in [5, 5.41) is 8.12. The molecular weight excluding hydrogens is 593 g/mol. The number of fused-ring (bicyclic) bond motifs is 4. The molecule has 1 aliphatic carbocycles. The molecule has 2 aliphatic heterocycles. The summed E-state index contributed by atoms with van der Waals surface area (Å²) in [6, 6.07) is 20.9. The van der Waals surface area contributed by atoms with Crippen LogP contribution in [-0.4, -0.2) is 40.8 Å². The van der Waals surface area contributed by atoms with Crippen molar-refractivity contribution in [2.75, 3.05) is 6.79 Å². The number of rotatable bonds is 7. The van der Waals surface area contributed by atoms with E-state index in [0.29, 0.717) is 17.1 Å². The molecule has 0 aromatic heterocycles. The number of benzene rings is 3. The number of esters is 1. The molecule has 0 spiro atoms. The average Bonchev–Trinajstić information content (AvgIpc) is 3.44. The molecule has 0 saturated carbocycles. The number of hydrogen-bond acceptors (Lipinski definition) is 8. The summed E-state index contributed by atoms with van der Waals surface area (Å²) in [7, 11) is 0. The van der Waals surface area contributed by atoms with Crippen LogP contribution in [0, 0.1) is 5.41 Å². The lowest BCUT2D eigenvalue weighted by Gasteiger charge is -2.42. The average molecular weight is 617 g/mol. The monoisotopic (exact) mass is 615 g/mol. The fraction of sp³-hybridized carbons (Fsp3) is 0.267. The van der Waals surface area contributed by atoms with Gasteiger partial charge in [0.2, 0.25) is 18.4 Å². The summed E-state index contributed by atoms with van der Waals surface area (Å²) in [6.45, 7) is 0.402. The molecule has 8 nitrogen and oxygen atoms in total. The Morgan fingerprint density at radius 2 is 1.63 bits per heavy atom. The van der Waals surface area contributed by atoms with Crippen molar-refractivity contribution in [2.45, 2.75) is 41.2 Å². The molecular formula is C30H24Cl3NO7. The fourth-order valence-electron chi connectivity index (χ4n) is 5.08. The van der Waals surface area contributed by atoms with Gasteiger partial charge in [-0.2, -0.15) is 0 Å². The van der Waals surface area contributed by atoms with E-state index in [9.17, 15) is 4.79 Å². The van der Waals surface area contributed by atoms with Crippen LogP contribution >= 0.6 is 34.8 Å². The molecule has 0 saturated heterocycles. The van der Waals surface area contributed by atoms with E-state index >= 15 is 0 Å². The van der Waals surface area contributed by atoms with Crippen molar-refractivity contribution in [3.63, 3.8) is 0 Å². The number of halogens is 3. The maximum absolute atomic E-state index is 13.7. The summed E-state index contributed by atoms with van der Waals surface area (Å²) in [5.41, 5.74) is 2.71. The van der Waals surface area contributed by atoms with Gasteiger partial charge in [-0.05, 0) is 28.8 Å². The first-order valence-corrected chi connectivity index (χ1v) is 13.9. The minimum absolute atomic E-state index is 0.00320. The Balaban J connectivity index is 1.36. The number of ether oxygens (including phenoxy) is 6. The molecule has 4 atom stereocenters. The quantitative estimate of drug-likeness (QED) is 0.106. The number of hydrogen-bond donors (Lipinski definition) is 1. The van der Waals surface area contributed by atoms with Crippen LogP contribution in [0.4, 0.5) is 0 Å². The van der Waals surface area contributed by atoms with E-state index in [2.05, 4.69) is 0 Å². The number of carbonyl (C=O) groups excluding carboxylic acids is 1. The van der Waals surface area contributed by atoms with E-state index in [1.54, 1.807) is 12.1 Å². The summed E-state index contributed by atoms with van der Waals surface area (Å²) in [6.07, 6.45) is 1.02. The zero-order valence-corrected chi connectivity index (χ0v) is 23.7. The Morgan fingerprint density at radius 3 is 2.32 bits per heavy atom. The second-order valence-corrected chi connectivity index (χ2v) is 11.9. The number of carbonyl (C=O) groups is 1. The van der Waals surface area contributed by atoms with Crippen LogP contribution in [0.15, 0.2) is 78.9 Å². The molecule has 11 heteroatoms. The van der Waals surface area contributed by atoms with Gasteiger partial charge in [-0.3, -0.25) is 5.41 Å². The number of alkyl halides is 3. The van der Waals surface area contributed by atoms with Crippen molar-refractivity contribution in [1.82, 2.24) is 0 Å². The Morgan fingerprint density at radius 1 is 0.951 bits per heavy atom. The van der Waals surface area contributed by atoms with E-state index < -0.39 is 39.9 Å². The van der Waals surface area contributed by atoms with Gasteiger partial charge in [-0.25, -0.2) is 4.79 Å². The molecule has 41 heavy (non-hydrogen) atoms. The predicted molar refractivity (Wildman–Crippen MR) is 152 cm³/mol. The van der Waals surface area contributed by atoms with Gasteiger partial charge in [0.1, 0.15) is 30.5 Å². The molecule has 0 bridgehead atoms. The van der Waals surface area contributed by atoms with Crippen molar-refractivity contribution in [1.29, 1.82) is 5.41 Å². The molecule has 0 amide bonds. The van der Waals surface area contributed by atoms with E-state index in [0.717, 1.165) is 11.1 Å². The Kier molecular flexibility index (Phi) is 7.74. The molecule has 3 aromatic carbocycles. The van der Waals surface area contributed by atoms with Gasteiger partial charge >= 0.3 is 5.97 Å². The second kappa shape index (κ2) is 11.4. The van der Waals surface area contributed by atoms with Gasteiger partial charge < -0.3 is 28.4 Å². The first kappa shape index (κ1) is 27.7. The van der Waals surface area contributed by atoms with Crippen molar-refractivity contribution >= 4 is 46.7 Å². The van der Waals surface area contributed by atoms with Crippen LogP contribution in [-0.2, 0) is 27.4 Å². The third-order valence-electron chi connectivity index (χ3n) is 6.99. The van der Waals surface area contributed by atoms with Gasteiger partial charge in [0, 0.05) is 5.92 Å². The van der Waals surface area contributed by atoms with E-state index in [-0.39, 0.29) is 31.3 Å². The first-order chi connectivity index (χ1) is 19.8. The normalized spacial score (nSPS) is 22.4. The van der Waals surface area contributed by atoms with Crippen LogP contribution in [0.2, 0.25) is 0 Å². The van der Waals surface area contributed by atoms with Gasteiger partial charge in [0.05, 0.1) is 6.61 Å². The van der Waals surface area contributed by atoms with Crippen molar-refractivity contribution in [3.05, 3.63) is 101 Å². The summed E-state index contributed by atoms with van der Waals surface area (Å²) < 4.78 is 33.5. The van der Waals surface area contributed by atoms with Crippen molar-refractivity contribution in [3.8, 4) is 17.2 Å². The van der Waals surface area contributed by atoms with E-state index in [1.165, 1.54) is 0 Å². The molecule has 2 heterocycles. The third-order valence-corrected chi connectivity index (χ3v) is 7.50. The zero-order valence-electron chi connectivity index (χ0n) is 21.4. The standard InChI is InChI=1S/C30H24Cl3NO7/c31-30(32,33)29(34)40-21-12-11-19-20-13-22-26(39-16-38-22)27(37-15-18-9-5-2-6-10-18)23(20)28(35)41-24(19)25(21)36-14-17-7-3-1-4-8-17/h1-13,19,21,24-25,34H,14-16H2/t19-,21+,24+,25+/m0/s1. The topological polar surface area (TPSA) is 96.3 Å². The zero-order chi connectivity index (χ0) is 28.6. The summed E-state index contributed by atoms with van der Waals surface area (Å²) in [5.74, 6) is -0.559. The molecule has 3 aromatic rings. The van der Waals surface area contributed by atoms with Crippen molar-refractivity contribution < 1.29 is 33.2 Å². The maximum atomic E-state index is 13.7. The van der Waals surface area contributed by atoms with E-state index in [4.69, 9.17) is 68.6 Å². The highest BCUT2D eigenvalue weighted by molar-refractivity contribution is 6.76. The smallest absolute Gasteiger partial charge is 0.342 e. The minimum Gasteiger partial charge on any atom is -0.484 e. The van der Waals surface area contributed by atoms with E-state index in [1.807, 2.05) is 66.7 Å². The highest BCUT2D eigenvalue weighted by atomic mass is 35.6. The molecule has 1 N–H and O–H groups in total. The third kappa shape index (κ3) is 5.70. The highest BCUT2D eigenvalue weighted by Gasteiger charge is 2.49. The highest BCUT2D eigenvalue weighted by Crippen LogP contribution is 2.51. The first-order valence-electron chi connectivity index (χ1n) is 12.8. The lowest BCUT2D eigenvalue weighted by molar-refractivity contribution is -0.107. The van der Waals surface area contributed by atoms with Gasteiger partial charge in [0.15, 0.2) is 11.5 Å². The molecule has 0 unspecified atom stereocenters. The van der Waals surface area contributed by atoms with Crippen LogP contribution in [0.1, 0.15) is 33.0 Å². The molecule has 0 radical (unpaired) electrons. The summed E-state index contributed by atoms with van der Waals surface area (Å²) >= 11 is 17.7. The molecule has 6 rings (SSSR count). The lowest BCUT2D eigenvalue weighted by atomic mass is 9.79. The fourth-order valence-corrected chi connectivity index (χ4v) is 5.21. The molecule has 3 aliphatic rings. The van der Waals surface area contributed by atoms with Crippen LogP contribution in [0.3, 0.4) is 0 Å². The van der Waals surface area contributed by atoms with Gasteiger partial charge in [0.25, 0.3) is 3.79 Å². The van der Waals surface area contributed by atoms with Crippen molar-refractivity contribution in [2.24, 2.45) is 0 Å². The summed E-state index contributed by atoms with van der Waals surface area (Å²) in [4.78, 5) is 13.7. The predicted octanol–water partition coefficient (Wildman–Crippen LogP) is 6.50. The molecule has 0 fully saturated rings.